The molecule has 0 amide bonds. The molecule has 24 heavy (non-hydrogen) atoms. The summed E-state index contributed by atoms with van der Waals surface area (Å²) in [6.45, 7) is 0. The Morgan fingerprint density at radius 1 is 0.458 bits per heavy atom. The molecule has 0 aromatic heterocycles. The summed E-state index contributed by atoms with van der Waals surface area (Å²) >= 11 is 7.39. The van der Waals surface area contributed by atoms with E-state index in [1.54, 1.807) is 0 Å². The van der Waals surface area contributed by atoms with Crippen LogP contribution in [0.15, 0.2) is 56.0 Å². The van der Waals surface area contributed by atoms with E-state index in [1.807, 2.05) is 47.0 Å². The monoisotopic (exact) mass is 386 g/mol. The van der Waals surface area contributed by atoms with E-state index in [2.05, 4.69) is 61.4 Å². The molecule has 0 N–H and O–H groups in total. The summed E-state index contributed by atoms with van der Waals surface area (Å²) < 4.78 is 0. The maximum Gasteiger partial charge on any atom is 0.0159 e. The lowest BCUT2D eigenvalue weighted by atomic mass is 9.94. The van der Waals surface area contributed by atoms with Gasteiger partial charge in [0.15, 0.2) is 0 Å². The Bertz CT molecular complexity index is 890. The maximum atomic E-state index is 2.35. The highest BCUT2D eigenvalue weighted by molar-refractivity contribution is 8.00. The number of rotatable bonds is 4. The van der Waals surface area contributed by atoms with Crippen LogP contribution in [0, 0.1) is 0 Å². The first kappa shape index (κ1) is 16.8. The minimum absolute atomic E-state index is 1.38. The van der Waals surface area contributed by atoms with Gasteiger partial charge in [0, 0.05) is 19.6 Å². The van der Waals surface area contributed by atoms with E-state index in [4.69, 9.17) is 0 Å². The van der Waals surface area contributed by atoms with Gasteiger partial charge in [0.2, 0.25) is 0 Å². The van der Waals surface area contributed by atoms with Crippen LogP contribution in [-0.4, -0.2) is 25.0 Å². The highest BCUT2D eigenvalue weighted by Gasteiger charge is 2.17. The van der Waals surface area contributed by atoms with Crippen LogP contribution in [-0.2, 0) is 0 Å². The summed E-state index contributed by atoms with van der Waals surface area (Å²) in [5, 5.41) is 8.43. The van der Waals surface area contributed by atoms with Crippen molar-refractivity contribution in [1.29, 1.82) is 0 Å². The lowest BCUT2D eigenvalue weighted by Crippen LogP contribution is -1.91. The number of hydrogen-bond acceptors (Lipinski definition) is 4. The van der Waals surface area contributed by atoms with E-state index in [0.29, 0.717) is 0 Å². The normalized spacial score (nSPS) is 12.0. The van der Waals surface area contributed by atoms with Crippen molar-refractivity contribution in [2.75, 3.05) is 25.0 Å². The standard InChI is InChI=1S/C20H18S4/c1-21-15-9-16(22-2)12-7-8-14-18(24-4)10-17(23-3)13-6-5-11(15)19(12)20(13)14/h5-10H,1-4H3. The molecule has 0 bridgehead atoms. The molecule has 0 aliphatic heterocycles. The fourth-order valence-corrected chi connectivity index (χ4v) is 6.19. The smallest absolute Gasteiger partial charge is 0.0159 e. The topological polar surface area (TPSA) is 0 Å². The summed E-state index contributed by atoms with van der Waals surface area (Å²) in [4.78, 5) is 5.51. The third kappa shape index (κ3) is 2.34. The van der Waals surface area contributed by atoms with Crippen LogP contribution in [0.1, 0.15) is 0 Å². The summed E-state index contributed by atoms with van der Waals surface area (Å²) in [5.41, 5.74) is 0. The van der Waals surface area contributed by atoms with Crippen LogP contribution in [0.3, 0.4) is 0 Å². The van der Waals surface area contributed by atoms with Gasteiger partial charge in [0.25, 0.3) is 0 Å². The van der Waals surface area contributed by atoms with Gasteiger partial charge >= 0.3 is 0 Å². The zero-order valence-corrected chi connectivity index (χ0v) is 17.4. The van der Waals surface area contributed by atoms with E-state index in [0.717, 1.165) is 0 Å². The summed E-state index contributed by atoms with van der Waals surface area (Å²) in [6, 6.07) is 14.0. The van der Waals surface area contributed by atoms with Gasteiger partial charge < -0.3 is 0 Å². The van der Waals surface area contributed by atoms with Gasteiger partial charge in [-0.05, 0) is 69.5 Å². The molecule has 0 saturated carbocycles. The maximum absolute atomic E-state index is 2.35. The fraction of sp³-hybridized carbons (Fsp3) is 0.200. The second-order valence-corrected chi connectivity index (χ2v) is 9.03. The van der Waals surface area contributed by atoms with E-state index < -0.39 is 0 Å². The predicted molar refractivity (Wildman–Crippen MR) is 117 cm³/mol. The minimum Gasteiger partial charge on any atom is -0.129 e. The van der Waals surface area contributed by atoms with Crippen LogP contribution in [0.5, 0.6) is 0 Å². The molecule has 0 unspecified atom stereocenters. The average molecular weight is 387 g/mol. The highest BCUT2D eigenvalue weighted by atomic mass is 32.2. The molecule has 0 fully saturated rings. The fourth-order valence-electron chi connectivity index (χ4n) is 3.54. The molecule has 4 aromatic carbocycles. The van der Waals surface area contributed by atoms with Gasteiger partial charge in [0.05, 0.1) is 0 Å². The molecule has 122 valence electrons. The number of thioether (sulfide) groups is 4. The van der Waals surface area contributed by atoms with Gasteiger partial charge in [-0.1, -0.05) is 24.3 Å². The van der Waals surface area contributed by atoms with Gasteiger partial charge in [-0.2, -0.15) is 0 Å². The first-order valence-electron chi connectivity index (χ1n) is 7.68. The first-order valence-corrected chi connectivity index (χ1v) is 12.6. The Kier molecular flexibility index (Phi) is 4.59. The van der Waals surface area contributed by atoms with Crippen molar-refractivity contribution in [2.45, 2.75) is 19.6 Å². The van der Waals surface area contributed by atoms with Crippen molar-refractivity contribution in [3.05, 3.63) is 36.4 Å². The van der Waals surface area contributed by atoms with Gasteiger partial charge in [-0.25, -0.2) is 0 Å². The molecule has 0 aliphatic rings. The van der Waals surface area contributed by atoms with Gasteiger partial charge in [0.1, 0.15) is 0 Å². The SMILES string of the molecule is CSc1cc(SC)c2ccc3c(SC)cc(SC)c4ccc1c2c43. The van der Waals surface area contributed by atoms with Crippen LogP contribution >= 0.6 is 47.0 Å². The van der Waals surface area contributed by atoms with Crippen molar-refractivity contribution in [3.63, 3.8) is 0 Å². The Morgan fingerprint density at radius 3 is 0.917 bits per heavy atom. The van der Waals surface area contributed by atoms with Crippen molar-refractivity contribution >= 4 is 79.4 Å². The molecule has 0 aliphatic carbocycles. The summed E-state index contributed by atoms with van der Waals surface area (Å²) in [7, 11) is 0. The third-order valence-corrected chi connectivity index (χ3v) is 7.74. The lowest BCUT2D eigenvalue weighted by molar-refractivity contribution is 1.41. The quantitative estimate of drug-likeness (QED) is 0.263. The zero-order valence-electron chi connectivity index (χ0n) is 14.1. The predicted octanol–water partition coefficient (Wildman–Crippen LogP) is 7.47. The molecule has 0 nitrogen and oxygen atoms in total. The second kappa shape index (κ2) is 6.56. The van der Waals surface area contributed by atoms with Crippen LogP contribution in [0.4, 0.5) is 0 Å². The zero-order chi connectivity index (χ0) is 16.8. The van der Waals surface area contributed by atoms with Crippen molar-refractivity contribution < 1.29 is 0 Å². The molecule has 4 aromatic rings. The molecular weight excluding hydrogens is 368 g/mol. The van der Waals surface area contributed by atoms with E-state index >= 15 is 0 Å². The highest BCUT2D eigenvalue weighted by Crippen LogP contribution is 2.46. The van der Waals surface area contributed by atoms with Crippen LogP contribution < -0.4 is 0 Å². The van der Waals surface area contributed by atoms with Crippen LogP contribution in [0.2, 0.25) is 0 Å². The Hall–Kier alpha value is -0.680. The molecule has 0 saturated heterocycles. The van der Waals surface area contributed by atoms with E-state index in [-0.39, 0.29) is 0 Å². The van der Waals surface area contributed by atoms with Crippen LogP contribution in [0.25, 0.3) is 32.3 Å². The van der Waals surface area contributed by atoms with Gasteiger partial charge in [-0.3, -0.25) is 0 Å². The van der Waals surface area contributed by atoms with Crippen molar-refractivity contribution in [3.8, 4) is 0 Å². The molecule has 4 heteroatoms. The molecule has 0 radical (unpaired) electrons. The van der Waals surface area contributed by atoms with Crippen molar-refractivity contribution in [2.24, 2.45) is 0 Å². The van der Waals surface area contributed by atoms with Crippen molar-refractivity contribution in [1.82, 2.24) is 0 Å². The number of hydrogen-bond donors (Lipinski definition) is 0. The van der Waals surface area contributed by atoms with E-state index in [1.165, 1.54) is 51.9 Å². The van der Waals surface area contributed by atoms with E-state index in [9.17, 15) is 0 Å². The Balaban J connectivity index is 2.33. The summed E-state index contributed by atoms with van der Waals surface area (Å²) in [6.07, 6.45) is 8.71. The Labute approximate surface area is 159 Å². The summed E-state index contributed by atoms with van der Waals surface area (Å²) in [5.74, 6) is 0. The molecule has 0 atom stereocenters. The third-order valence-electron chi connectivity index (χ3n) is 4.63. The largest absolute Gasteiger partial charge is 0.129 e. The molecule has 4 rings (SSSR count). The molecule has 0 heterocycles. The lowest BCUT2D eigenvalue weighted by Gasteiger charge is -2.18. The van der Waals surface area contributed by atoms with Gasteiger partial charge in [-0.15, -0.1) is 47.0 Å². The molecule has 0 spiro atoms. The minimum atomic E-state index is 1.38. The second-order valence-electron chi connectivity index (χ2n) is 5.63. The Morgan fingerprint density at radius 2 is 0.708 bits per heavy atom. The first-order chi connectivity index (χ1) is 11.7. The average Bonchev–Trinajstić information content (AvgIpc) is 2.64. The molecular formula is C20H18S4. The number of benzene rings is 4.